The highest BCUT2D eigenvalue weighted by molar-refractivity contribution is 6.04. The Bertz CT molecular complexity index is 982. The number of carbonyl (C=O) groups excluding carboxylic acids is 1. The van der Waals surface area contributed by atoms with Crippen molar-refractivity contribution >= 4 is 11.6 Å². The number of aromatic nitrogens is 3. The second-order valence-electron chi connectivity index (χ2n) is 7.71. The molecule has 0 saturated carbocycles. The molecule has 0 fully saturated rings. The lowest BCUT2D eigenvalue weighted by Gasteiger charge is -2.20. The fourth-order valence-corrected chi connectivity index (χ4v) is 2.75. The van der Waals surface area contributed by atoms with Crippen LogP contribution in [0, 0.1) is 13.8 Å². The number of hydrogen-bond donors (Lipinski definition) is 2. The van der Waals surface area contributed by atoms with Gasteiger partial charge in [-0.15, -0.1) is 5.10 Å². The first-order valence-corrected chi connectivity index (χ1v) is 8.81. The molecule has 0 unspecified atom stereocenters. The third-order valence-corrected chi connectivity index (χ3v) is 4.50. The topological polar surface area (TPSA) is 80.0 Å². The number of amides is 1. The smallest absolute Gasteiger partial charge is 0.278 e. The number of anilines is 1. The van der Waals surface area contributed by atoms with Gasteiger partial charge < -0.3 is 10.4 Å². The molecule has 1 aromatic heterocycles. The highest BCUT2D eigenvalue weighted by atomic mass is 16.3. The fourth-order valence-electron chi connectivity index (χ4n) is 2.75. The van der Waals surface area contributed by atoms with Crippen molar-refractivity contribution in [2.45, 2.75) is 40.0 Å². The maximum absolute atomic E-state index is 12.7. The Kier molecular flexibility index (Phi) is 4.74. The standard InChI is InChI=1S/C21H24N4O2/c1-13-6-9-16(10-7-13)25-14(2)19(23-24-25)20(27)22-17-12-15(21(3,4)5)8-11-18(17)26/h6-12,26H,1-5H3,(H,22,27). The van der Waals surface area contributed by atoms with Crippen LogP contribution in [0.2, 0.25) is 0 Å². The molecule has 1 amide bonds. The van der Waals surface area contributed by atoms with E-state index in [1.54, 1.807) is 23.7 Å². The van der Waals surface area contributed by atoms with Gasteiger partial charge in [-0.2, -0.15) is 0 Å². The molecule has 6 heteroatoms. The van der Waals surface area contributed by atoms with E-state index >= 15 is 0 Å². The average Bonchev–Trinajstić information content (AvgIpc) is 2.98. The third kappa shape index (κ3) is 3.84. The van der Waals surface area contributed by atoms with E-state index < -0.39 is 5.91 Å². The Morgan fingerprint density at radius 2 is 1.74 bits per heavy atom. The maximum Gasteiger partial charge on any atom is 0.278 e. The monoisotopic (exact) mass is 364 g/mol. The summed E-state index contributed by atoms with van der Waals surface area (Å²) < 4.78 is 1.62. The summed E-state index contributed by atoms with van der Waals surface area (Å²) in [4.78, 5) is 12.7. The lowest BCUT2D eigenvalue weighted by atomic mass is 9.87. The zero-order valence-electron chi connectivity index (χ0n) is 16.2. The summed E-state index contributed by atoms with van der Waals surface area (Å²) in [6.07, 6.45) is 0. The van der Waals surface area contributed by atoms with Crippen molar-refractivity contribution in [1.82, 2.24) is 15.0 Å². The lowest BCUT2D eigenvalue weighted by Crippen LogP contribution is -2.16. The first kappa shape index (κ1) is 18.6. The van der Waals surface area contributed by atoms with Crippen molar-refractivity contribution in [2.24, 2.45) is 0 Å². The SMILES string of the molecule is Cc1ccc(-n2nnc(C(=O)Nc3cc(C(C)(C)C)ccc3O)c2C)cc1. The van der Waals surface area contributed by atoms with Gasteiger partial charge in [-0.1, -0.05) is 49.7 Å². The van der Waals surface area contributed by atoms with Crippen molar-refractivity contribution in [1.29, 1.82) is 0 Å². The van der Waals surface area contributed by atoms with Crippen molar-refractivity contribution in [2.75, 3.05) is 5.32 Å². The van der Waals surface area contributed by atoms with E-state index in [2.05, 4.69) is 36.4 Å². The van der Waals surface area contributed by atoms with Crippen LogP contribution in [0.15, 0.2) is 42.5 Å². The van der Waals surface area contributed by atoms with Crippen LogP contribution in [0.5, 0.6) is 5.75 Å². The molecule has 2 N–H and O–H groups in total. The maximum atomic E-state index is 12.7. The Labute approximate surface area is 158 Å². The van der Waals surface area contributed by atoms with E-state index in [1.165, 1.54) is 0 Å². The minimum atomic E-state index is -0.410. The molecule has 0 aliphatic carbocycles. The highest BCUT2D eigenvalue weighted by Crippen LogP contribution is 2.31. The van der Waals surface area contributed by atoms with Crippen molar-refractivity contribution < 1.29 is 9.90 Å². The van der Waals surface area contributed by atoms with Gasteiger partial charge in [-0.05, 0) is 49.1 Å². The molecule has 0 saturated heterocycles. The van der Waals surface area contributed by atoms with Gasteiger partial charge in [0.1, 0.15) is 5.75 Å². The number of benzene rings is 2. The molecule has 1 heterocycles. The number of aryl methyl sites for hydroxylation is 1. The number of carbonyl (C=O) groups is 1. The summed E-state index contributed by atoms with van der Waals surface area (Å²) in [5.41, 5.74) is 4.09. The molecule has 0 atom stereocenters. The van der Waals surface area contributed by atoms with E-state index in [1.807, 2.05) is 37.3 Å². The molecule has 6 nitrogen and oxygen atoms in total. The van der Waals surface area contributed by atoms with Crippen LogP contribution < -0.4 is 5.32 Å². The molecule has 3 rings (SSSR count). The summed E-state index contributed by atoms with van der Waals surface area (Å²) in [6, 6.07) is 13.0. The minimum absolute atomic E-state index is 0.0138. The largest absolute Gasteiger partial charge is 0.506 e. The predicted octanol–water partition coefficient (Wildman–Crippen LogP) is 4.14. The zero-order valence-corrected chi connectivity index (χ0v) is 16.2. The van der Waals surface area contributed by atoms with Gasteiger partial charge in [0.2, 0.25) is 0 Å². The minimum Gasteiger partial charge on any atom is -0.506 e. The highest BCUT2D eigenvalue weighted by Gasteiger charge is 2.20. The number of nitrogens with zero attached hydrogens (tertiary/aromatic N) is 3. The van der Waals surface area contributed by atoms with Crippen LogP contribution in [0.4, 0.5) is 5.69 Å². The quantitative estimate of drug-likeness (QED) is 0.685. The summed E-state index contributed by atoms with van der Waals surface area (Å²) in [7, 11) is 0. The number of aromatic hydroxyl groups is 1. The summed E-state index contributed by atoms with van der Waals surface area (Å²) >= 11 is 0. The second kappa shape index (κ2) is 6.87. The molecule has 140 valence electrons. The molecule has 0 bridgehead atoms. The number of phenolic OH excluding ortho intramolecular Hbond substituents is 1. The van der Waals surface area contributed by atoms with E-state index in [4.69, 9.17) is 0 Å². The Balaban J connectivity index is 1.89. The number of nitrogens with one attached hydrogen (secondary N) is 1. The molecule has 0 spiro atoms. The van der Waals surface area contributed by atoms with Gasteiger partial charge >= 0.3 is 0 Å². The fraction of sp³-hybridized carbons (Fsp3) is 0.286. The van der Waals surface area contributed by atoms with E-state index in [0.29, 0.717) is 11.4 Å². The van der Waals surface area contributed by atoms with E-state index in [9.17, 15) is 9.90 Å². The average molecular weight is 364 g/mol. The van der Waals surface area contributed by atoms with Crippen molar-refractivity contribution in [3.8, 4) is 11.4 Å². The molecule has 27 heavy (non-hydrogen) atoms. The molecule has 0 aliphatic heterocycles. The van der Waals surface area contributed by atoms with Gasteiger partial charge in [0, 0.05) is 0 Å². The van der Waals surface area contributed by atoms with Crippen LogP contribution in [-0.2, 0) is 5.41 Å². The zero-order chi connectivity index (χ0) is 19.8. The summed E-state index contributed by atoms with van der Waals surface area (Å²) in [5, 5.41) is 21.0. The molecule has 2 aromatic carbocycles. The van der Waals surface area contributed by atoms with Crippen LogP contribution >= 0.6 is 0 Å². The van der Waals surface area contributed by atoms with Gasteiger partial charge in [0.15, 0.2) is 5.69 Å². The Hall–Kier alpha value is -3.15. The molecular weight excluding hydrogens is 340 g/mol. The summed E-state index contributed by atoms with van der Waals surface area (Å²) in [5.74, 6) is -0.396. The molecule has 0 aliphatic rings. The van der Waals surface area contributed by atoms with Crippen molar-refractivity contribution in [3.63, 3.8) is 0 Å². The second-order valence-corrected chi connectivity index (χ2v) is 7.71. The van der Waals surface area contributed by atoms with Crippen molar-refractivity contribution in [3.05, 3.63) is 65.0 Å². The van der Waals surface area contributed by atoms with Gasteiger partial charge in [-0.25, -0.2) is 4.68 Å². The van der Waals surface area contributed by atoms with Crippen LogP contribution in [0.3, 0.4) is 0 Å². The number of phenols is 1. The number of hydrogen-bond acceptors (Lipinski definition) is 4. The van der Waals surface area contributed by atoms with Crippen LogP contribution in [-0.4, -0.2) is 26.0 Å². The van der Waals surface area contributed by atoms with Gasteiger partial charge in [0.05, 0.1) is 17.1 Å². The third-order valence-electron chi connectivity index (χ3n) is 4.50. The molecule has 3 aromatic rings. The Morgan fingerprint density at radius 3 is 2.37 bits per heavy atom. The lowest BCUT2D eigenvalue weighted by molar-refractivity contribution is 0.102. The first-order chi connectivity index (χ1) is 12.7. The van der Waals surface area contributed by atoms with Gasteiger partial charge in [0.25, 0.3) is 5.91 Å². The van der Waals surface area contributed by atoms with Crippen LogP contribution in [0.25, 0.3) is 5.69 Å². The molecule has 0 radical (unpaired) electrons. The number of rotatable bonds is 3. The van der Waals surface area contributed by atoms with Gasteiger partial charge in [-0.3, -0.25) is 4.79 Å². The van der Waals surface area contributed by atoms with E-state index in [0.717, 1.165) is 16.8 Å². The van der Waals surface area contributed by atoms with Crippen LogP contribution in [0.1, 0.15) is 48.1 Å². The Morgan fingerprint density at radius 1 is 1.07 bits per heavy atom. The predicted molar refractivity (Wildman–Crippen MR) is 106 cm³/mol. The molecular formula is C21H24N4O2. The first-order valence-electron chi connectivity index (χ1n) is 8.81. The summed E-state index contributed by atoms with van der Waals surface area (Å²) in [6.45, 7) is 10.0. The van der Waals surface area contributed by atoms with E-state index in [-0.39, 0.29) is 16.9 Å². The normalized spacial score (nSPS) is 11.4.